The van der Waals surface area contributed by atoms with Gasteiger partial charge in [-0.15, -0.1) is 0 Å². The van der Waals surface area contributed by atoms with E-state index in [4.69, 9.17) is 4.74 Å². The van der Waals surface area contributed by atoms with Gasteiger partial charge in [-0.1, -0.05) is 42.0 Å². The van der Waals surface area contributed by atoms with E-state index in [1.54, 1.807) is 18.1 Å². The van der Waals surface area contributed by atoms with Crippen molar-refractivity contribution in [2.45, 2.75) is 25.9 Å². The van der Waals surface area contributed by atoms with E-state index in [1.807, 2.05) is 55.5 Å². The molecule has 5 nitrogen and oxygen atoms in total. The Morgan fingerprint density at radius 3 is 2.39 bits per heavy atom. The van der Waals surface area contributed by atoms with Gasteiger partial charge in [-0.3, -0.25) is 4.79 Å². The zero-order valence-electron chi connectivity index (χ0n) is 16.2. The Balaban J connectivity index is 1.79. The van der Waals surface area contributed by atoms with Crippen molar-refractivity contribution in [1.82, 2.24) is 4.90 Å². The van der Waals surface area contributed by atoms with Gasteiger partial charge in [0.15, 0.2) is 9.84 Å². The molecule has 2 aromatic rings. The van der Waals surface area contributed by atoms with Crippen LogP contribution in [0.1, 0.15) is 23.1 Å². The van der Waals surface area contributed by atoms with Crippen molar-refractivity contribution < 1.29 is 17.9 Å². The second-order valence-corrected chi connectivity index (χ2v) is 9.34. The van der Waals surface area contributed by atoms with Crippen LogP contribution in [-0.4, -0.2) is 43.9 Å². The average Bonchev–Trinajstić information content (AvgIpc) is 3.05. The number of nitrogens with zero attached hydrogens (tertiary/aromatic N) is 1. The highest BCUT2D eigenvalue weighted by Gasteiger charge is 2.34. The number of benzene rings is 2. The molecule has 1 heterocycles. The normalized spacial score (nSPS) is 18.3. The van der Waals surface area contributed by atoms with Crippen molar-refractivity contribution in [1.29, 1.82) is 0 Å². The smallest absolute Gasteiger partial charge is 0.247 e. The van der Waals surface area contributed by atoms with E-state index in [2.05, 4.69) is 0 Å². The van der Waals surface area contributed by atoms with Gasteiger partial charge in [-0.25, -0.2) is 8.42 Å². The lowest BCUT2D eigenvalue weighted by Gasteiger charge is -2.27. The van der Waals surface area contributed by atoms with E-state index in [0.29, 0.717) is 13.0 Å². The van der Waals surface area contributed by atoms with Gasteiger partial charge in [-0.2, -0.15) is 0 Å². The molecule has 1 amide bonds. The van der Waals surface area contributed by atoms with Crippen LogP contribution in [0.3, 0.4) is 0 Å². The van der Waals surface area contributed by atoms with Gasteiger partial charge in [0.05, 0.1) is 18.6 Å². The summed E-state index contributed by atoms with van der Waals surface area (Å²) in [6, 6.07) is 15.1. The van der Waals surface area contributed by atoms with Gasteiger partial charge in [0.25, 0.3) is 0 Å². The summed E-state index contributed by atoms with van der Waals surface area (Å²) in [5, 5.41) is 0. The summed E-state index contributed by atoms with van der Waals surface area (Å²) < 4.78 is 29.0. The van der Waals surface area contributed by atoms with Gasteiger partial charge in [0.2, 0.25) is 5.91 Å². The molecular weight excluding hydrogens is 374 g/mol. The molecule has 28 heavy (non-hydrogen) atoms. The number of ether oxygens (including phenoxy) is 1. The summed E-state index contributed by atoms with van der Waals surface area (Å²) in [4.78, 5) is 14.6. The van der Waals surface area contributed by atoms with Crippen molar-refractivity contribution in [3.63, 3.8) is 0 Å². The standard InChI is InChI=1S/C22H25NO4S/c1-17-3-5-19(6-4-17)15-23(20-13-14-28(25,26)16-20)22(24)12-9-18-7-10-21(27-2)11-8-18/h3-12,20H,13-16H2,1-2H3/b12-9+/t20-/m1/s1. The molecule has 0 N–H and O–H groups in total. The van der Waals surface area contributed by atoms with Crippen LogP contribution in [0.4, 0.5) is 0 Å². The van der Waals surface area contributed by atoms with Crippen molar-refractivity contribution in [3.05, 3.63) is 71.3 Å². The summed E-state index contributed by atoms with van der Waals surface area (Å²) in [6.45, 7) is 2.40. The van der Waals surface area contributed by atoms with Crippen LogP contribution in [-0.2, 0) is 21.2 Å². The van der Waals surface area contributed by atoms with E-state index >= 15 is 0 Å². The fourth-order valence-corrected chi connectivity index (χ4v) is 5.01. The number of carbonyl (C=O) groups excluding carboxylic acids is 1. The number of aryl methyl sites for hydroxylation is 1. The number of sulfone groups is 1. The summed E-state index contributed by atoms with van der Waals surface area (Å²) in [7, 11) is -1.48. The second kappa shape index (κ2) is 8.61. The molecule has 0 saturated carbocycles. The lowest BCUT2D eigenvalue weighted by molar-refractivity contribution is -0.128. The van der Waals surface area contributed by atoms with Gasteiger partial charge >= 0.3 is 0 Å². The molecule has 0 radical (unpaired) electrons. The first-order valence-corrected chi connectivity index (χ1v) is 11.1. The molecule has 2 aromatic carbocycles. The van der Waals surface area contributed by atoms with Crippen LogP contribution < -0.4 is 4.74 Å². The Hall–Kier alpha value is -2.60. The molecule has 1 aliphatic heterocycles. The average molecular weight is 400 g/mol. The van der Waals surface area contributed by atoms with Gasteiger partial charge in [-0.05, 0) is 42.7 Å². The quantitative estimate of drug-likeness (QED) is 0.700. The largest absolute Gasteiger partial charge is 0.497 e. The van der Waals surface area contributed by atoms with Gasteiger partial charge in [0.1, 0.15) is 5.75 Å². The lowest BCUT2D eigenvalue weighted by Crippen LogP contribution is -2.39. The van der Waals surface area contributed by atoms with E-state index < -0.39 is 9.84 Å². The Morgan fingerprint density at radius 1 is 1.14 bits per heavy atom. The fourth-order valence-electron chi connectivity index (χ4n) is 3.28. The maximum Gasteiger partial charge on any atom is 0.247 e. The van der Waals surface area contributed by atoms with Crippen LogP contribution in [0.5, 0.6) is 5.75 Å². The van der Waals surface area contributed by atoms with E-state index in [1.165, 1.54) is 6.08 Å². The predicted octanol–water partition coefficient (Wildman–Crippen LogP) is 3.23. The third-order valence-electron chi connectivity index (χ3n) is 4.94. The molecule has 1 atom stereocenters. The summed E-state index contributed by atoms with van der Waals surface area (Å²) >= 11 is 0. The predicted molar refractivity (Wildman–Crippen MR) is 111 cm³/mol. The van der Waals surface area contributed by atoms with Crippen molar-refractivity contribution in [2.75, 3.05) is 18.6 Å². The minimum Gasteiger partial charge on any atom is -0.497 e. The van der Waals surface area contributed by atoms with Gasteiger partial charge < -0.3 is 9.64 Å². The van der Waals surface area contributed by atoms with Crippen molar-refractivity contribution in [3.8, 4) is 5.75 Å². The van der Waals surface area contributed by atoms with E-state index in [9.17, 15) is 13.2 Å². The summed E-state index contributed by atoms with van der Waals surface area (Å²) in [5.41, 5.74) is 3.01. The number of carbonyl (C=O) groups is 1. The zero-order chi connectivity index (χ0) is 20.1. The molecule has 0 aliphatic carbocycles. The molecule has 1 fully saturated rings. The highest BCUT2D eigenvalue weighted by molar-refractivity contribution is 7.91. The molecule has 0 aromatic heterocycles. The molecule has 148 valence electrons. The second-order valence-electron chi connectivity index (χ2n) is 7.12. The van der Waals surface area contributed by atoms with Gasteiger partial charge in [0, 0.05) is 18.7 Å². The number of hydrogen-bond acceptors (Lipinski definition) is 4. The SMILES string of the molecule is COc1ccc(/C=C/C(=O)N(Cc2ccc(C)cc2)[C@@H]2CCS(=O)(=O)C2)cc1. The van der Waals surface area contributed by atoms with Crippen LogP contribution in [0.25, 0.3) is 6.08 Å². The number of methoxy groups -OCH3 is 1. The molecule has 1 aliphatic rings. The summed E-state index contributed by atoms with van der Waals surface area (Å²) in [5.74, 6) is 0.734. The number of hydrogen-bond donors (Lipinski definition) is 0. The Morgan fingerprint density at radius 2 is 1.82 bits per heavy atom. The lowest BCUT2D eigenvalue weighted by atomic mass is 10.1. The van der Waals surface area contributed by atoms with Crippen LogP contribution >= 0.6 is 0 Å². The molecule has 0 spiro atoms. The third-order valence-corrected chi connectivity index (χ3v) is 6.69. The first kappa shape index (κ1) is 20.1. The molecule has 6 heteroatoms. The molecule has 0 unspecified atom stereocenters. The zero-order valence-corrected chi connectivity index (χ0v) is 17.0. The van der Waals surface area contributed by atoms with Crippen molar-refractivity contribution >= 4 is 21.8 Å². The minimum absolute atomic E-state index is 0.0287. The maximum atomic E-state index is 12.9. The Bertz CT molecular complexity index is 947. The van der Waals surface area contributed by atoms with Crippen molar-refractivity contribution in [2.24, 2.45) is 0 Å². The van der Waals surface area contributed by atoms with Crippen LogP contribution in [0.15, 0.2) is 54.6 Å². The molecular formula is C22H25NO4S. The number of amides is 1. The Labute approximate surface area is 166 Å². The third kappa shape index (κ3) is 5.23. The van der Waals surface area contributed by atoms with Crippen LogP contribution in [0.2, 0.25) is 0 Å². The minimum atomic E-state index is -3.08. The highest BCUT2D eigenvalue weighted by atomic mass is 32.2. The Kier molecular flexibility index (Phi) is 6.19. The molecule has 1 saturated heterocycles. The molecule has 0 bridgehead atoms. The van der Waals surface area contributed by atoms with Crippen LogP contribution in [0, 0.1) is 6.92 Å². The first-order chi connectivity index (χ1) is 13.4. The first-order valence-electron chi connectivity index (χ1n) is 9.25. The fraction of sp³-hybridized carbons (Fsp3) is 0.318. The summed E-state index contributed by atoms with van der Waals surface area (Å²) in [6.07, 6.45) is 3.74. The monoisotopic (exact) mass is 399 g/mol. The van der Waals surface area contributed by atoms with E-state index in [-0.39, 0.29) is 23.5 Å². The topological polar surface area (TPSA) is 63.7 Å². The number of rotatable bonds is 6. The highest BCUT2D eigenvalue weighted by Crippen LogP contribution is 2.21. The maximum absolute atomic E-state index is 12.9. The molecule has 3 rings (SSSR count). The van der Waals surface area contributed by atoms with E-state index in [0.717, 1.165) is 22.4 Å².